The summed E-state index contributed by atoms with van der Waals surface area (Å²) in [5.41, 5.74) is 1.93. The van der Waals surface area contributed by atoms with Gasteiger partial charge in [-0.15, -0.1) is 0 Å². The number of fused-ring (bicyclic) bond motifs is 1. The highest BCUT2D eigenvalue weighted by atomic mass is 16.2. The summed E-state index contributed by atoms with van der Waals surface area (Å²) >= 11 is 0. The molecule has 0 bridgehead atoms. The molecule has 128 valence electrons. The number of aromatic nitrogens is 3. The third-order valence-corrected chi connectivity index (χ3v) is 5.06. The maximum atomic E-state index is 12.9. The minimum Gasteiger partial charge on any atom is -0.340 e. The van der Waals surface area contributed by atoms with E-state index in [1.807, 2.05) is 54.5 Å². The van der Waals surface area contributed by atoms with E-state index in [1.165, 1.54) is 0 Å². The Morgan fingerprint density at radius 3 is 2.92 bits per heavy atom. The van der Waals surface area contributed by atoms with E-state index in [9.17, 15) is 4.79 Å². The molecule has 1 amide bonds. The first kappa shape index (κ1) is 15.8. The highest BCUT2D eigenvalue weighted by molar-refractivity contribution is 5.87. The van der Waals surface area contributed by atoms with Crippen LogP contribution in [0.4, 0.5) is 0 Å². The van der Waals surface area contributed by atoms with Gasteiger partial charge in [0.25, 0.3) is 0 Å². The molecule has 1 atom stereocenters. The Labute approximate surface area is 147 Å². The predicted molar refractivity (Wildman–Crippen MR) is 97.3 cm³/mol. The number of likely N-dealkylation sites (tertiary alicyclic amines) is 1. The van der Waals surface area contributed by atoms with Crippen LogP contribution in [0.5, 0.6) is 0 Å². The van der Waals surface area contributed by atoms with E-state index in [1.54, 1.807) is 6.20 Å². The minimum absolute atomic E-state index is 0.181. The number of benzene rings is 1. The van der Waals surface area contributed by atoms with Gasteiger partial charge in [-0.1, -0.05) is 24.3 Å². The zero-order valence-electron chi connectivity index (χ0n) is 14.4. The molecule has 1 saturated heterocycles. The zero-order chi connectivity index (χ0) is 17.2. The number of amides is 1. The van der Waals surface area contributed by atoms with Crippen LogP contribution in [0.2, 0.25) is 0 Å². The number of imidazole rings is 1. The Hall–Kier alpha value is -2.69. The maximum absolute atomic E-state index is 12.9. The molecule has 1 aliphatic rings. The molecule has 25 heavy (non-hydrogen) atoms. The summed E-state index contributed by atoms with van der Waals surface area (Å²) in [6.45, 7) is 3.61. The molecule has 0 saturated carbocycles. The van der Waals surface area contributed by atoms with Crippen LogP contribution < -0.4 is 0 Å². The quantitative estimate of drug-likeness (QED) is 0.739. The molecule has 3 heterocycles. The van der Waals surface area contributed by atoms with Gasteiger partial charge in [0.1, 0.15) is 5.82 Å². The van der Waals surface area contributed by atoms with Gasteiger partial charge in [-0.05, 0) is 31.4 Å². The van der Waals surface area contributed by atoms with Gasteiger partial charge in [-0.3, -0.25) is 9.78 Å². The Bertz CT molecular complexity index is 896. The second-order valence-corrected chi connectivity index (χ2v) is 6.69. The number of pyridine rings is 1. The Balaban J connectivity index is 1.51. The zero-order valence-corrected chi connectivity index (χ0v) is 14.4. The number of hydrogen-bond donors (Lipinski definition) is 0. The minimum atomic E-state index is 0.181. The van der Waals surface area contributed by atoms with Gasteiger partial charge < -0.3 is 9.47 Å². The highest BCUT2D eigenvalue weighted by Crippen LogP contribution is 2.24. The van der Waals surface area contributed by atoms with Crippen LogP contribution in [0.1, 0.15) is 30.3 Å². The van der Waals surface area contributed by atoms with E-state index in [4.69, 9.17) is 0 Å². The largest absolute Gasteiger partial charge is 0.340 e. The molecule has 0 aliphatic carbocycles. The van der Waals surface area contributed by atoms with Crippen molar-refractivity contribution < 1.29 is 4.79 Å². The second kappa shape index (κ2) is 6.67. The first-order valence-electron chi connectivity index (χ1n) is 8.82. The molecule has 1 aliphatic heterocycles. The fraction of sp³-hybridized carbons (Fsp3) is 0.350. The molecule has 5 nitrogen and oxygen atoms in total. The topological polar surface area (TPSA) is 51.0 Å². The van der Waals surface area contributed by atoms with Crippen LogP contribution >= 0.6 is 0 Å². The SMILES string of the molecule is Cc1nccn1[C@@H]1CCCN(C(=O)Cc2cccc3cccnc23)C1. The summed E-state index contributed by atoms with van der Waals surface area (Å²) < 4.78 is 2.19. The molecule has 0 spiro atoms. The van der Waals surface area contributed by atoms with E-state index < -0.39 is 0 Å². The Morgan fingerprint density at radius 1 is 1.20 bits per heavy atom. The number of aryl methyl sites for hydroxylation is 1. The number of carbonyl (C=O) groups excluding carboxylic acids is 1. The van der Waals surface area contributed by atoms with Crippen molar-refractivity contribution >= 4 is 16.8 Å². The Morgan fingerprint density at radius 2 is 2.08 bits per heavy atom. The number of nitrogens with zero attached hydrogens (tertiary/aromatic N) is 4. The summed E-state index contributed by atoms with van der Waals surface area (Å²) in [6, 6.07) is 10.3. The fourth-order valence-corrected chi connectivity index (χ4v) is 3.77. The van der Waals surface area contributed by atoms with Gasteiger partial charge in [-0.25, -0.2) is 4.98 Å². The molecule has 1 aromatic carbocycles. The number of rotatable bonds is 3. The molecule has 0 N–H and O–H groups in total. The molecule has 0 unspecified atom stereocenters. The number of carbonyl (C=O) groups is 1. The monoisotopic (exact) mass is 334 g/mol. The molecule has 3 aromatic rings. The summed E-state index contributed by atoms with van der Waals surface area (Å²) in [6.07, 6.45) is 8.16. The van der Waals surface area contributed by atoms with Crippen LogP contribution in [-0.2, 0) is 11.2 Å². The van der Waals surface area contributed by atoms with Crippen molar-refractivity contribution in [2.75, 3.05) is 13.1 Å². The van der Waals surface area contributed by atoms with Crippen LogP contribution in [0.15, 0.2) is 48.9 Å². The van der Waals surface area contributed by atoms with Crippen molar-refractivity contribution in [1.29, 1.82) is 0 Å². The van der Waals surface area contributed by atoms with Crippen LogP contribution in [0.25, 0.3) is 10.9 Å². The third kappa shape index (κ3) is 3.14. The van der Waals surface area contributed by atoms with E-state index in [2.05, 4.69) is 14.5 Å². The Kier molecular flexibility index (Phi) is 4.22. The van der Waals surface area contributed by atoms with Gasteiger partial charge in [0.2, 0.25) is 5.91 Å². The summed E-state index contributed by atoms with van der Waals surface area (Å²) in [4.78, 5) is 23.7. The van der Waals surface area contributed by atoms with E-state index in [0.29, 0.717) is 12.5 Å². The lowest BCUT2D eigenvalue weighted by molar-refractivity contribution is -0.132. The summed E-state index contributed by atoms with van der Waals surface area (Å²) in [7, 11) is 0. The van der Waals surface area contributed by atoms with Crippen molar-refractivity contribution in [3.63, 3.8) is 0 Å². The van der Waals surface area contributed by atoms with Crippen LogP contribution in [-0.4, -0.2) is 38.4 Å². The molecule has 2 aromatic heterocycles. The number of hydrogen-bond acceptors (Lipinski definition) is 3. The predicted octanol–water partition coefficient (Wildman–Crippen LogP) is 3.15. The maximum Gasteiger partial charge on any atom is 0.227 e. The highest BCUT2D eigenvalue weighted by Gasteiger charge is 2.25. The van der Waals surface area contributed by atoms with E-state index >= 15 is 0 Å². The normalized spacial score (nSPS) is 17.8. The van der Waals surface area contributed by atoms with Crippen molar-refractivity contribution in [3.05, 3.63) is 60.3 Å². The second-order valence-electron chi connectivity index (χ2n) is 6.69. The van der Waals surface area contributed by atoms with Gasteiger partial charge in [0, 0.05) is 37.1 Å². The molecule has 1 fully saturated rings. The average Bonchev–Trinajstić information content (AvgIpc) is 3.08. The van der Waals surface area contributed by atoms with Gasteiger partial charge in [0.15, 0.2) is 0 Å². The van der Waals surface area contributed by atoms with Gasteiger partial charge in [0.05, 0.1) is 18.0 Å². The first-order valence-corrected chi connectivity index (χ1v) is 8.82. The van der Waals surface area contributed by atoms with E-state index in [0.717, 1.165) is 48.2 Å². The average molecular weight is 334 g/mol. The fourth-order valence-electron chi connectivity index (χ4n) is 3.77. The number of piperidine rings is 1. The van der Waals surface area contributed by atoms with Crippen molar-refractivity contribution in [1.82, 2.24) is 19.4 Å². The van der Waals surface area contributed by atoms with E-state index in [-0.39, 0.29) is 5.91 Å². The lowest BCUT2D eigenvalue weighted by atomic mass is 10.0. The smallest absolute Gasteiger partial charge is 0.227 e. The standard InChI is InChI=1S/C20H22N4O/c1-15-21-10-12-24(15)18-8-4-11-23(14-18)19(25)13-17-6-2-5-16-7-3-9-22-20(16)17/h2-3,5-7,9-10,12,18H,4,8,11,13-14H2,1H3/t18-/m1/s1. The van der Waals surface area contributed by atoms with Crippen molar-refractivity contribution in [3.8, 4) is 0 Å². The lowest BCUT2D eigenvalue weighted by Gasteiger charge is -2.34. The molecule has 4 rings (SSSR count). The summed E-state index contributed by atoms with van der Waals surface area (Å²) in [5.74, 6) is 1.19. The summed E-state index contributed by atoms with van der Waals surface area (Å²) in [5, 5.41) is 1.08. The molecule has 5 heteroatoms. The van der Waals surface area contributed by atoms with Crippen LogP contribution in [0, 0.1) is 6.92 Å². The third-order valence-electron chi connectivity index (χ3n) is 5.06. The lowest BCUT2D eigenvalue weighted by Crippen LogP contribution is -2.41. The van der Waals surface area contributed by atoms with Gasteiger partial charge >= 0.3 is 0 Å². The van der Waals surface area contributed by atoms with Crippen molar-refractivity contribution in [2.45, 2.75) is 32.2 Å². The number of para-hydroxylation sites is 1. The van der Waals surface area contributed by atoms with Crippen LogP contribution in [0.3, 0.4) is 0 Å². The molecule has 0 radical (unpaired) electrons. The first-order chi connectivity index (χ1) is 12.2. The molecular weight excluding hydrogens is 312 g/mol. The van der Waals surface area contributed by atoms with Crippen molar-refractivity contribution in [2.24, 2.45) is 0 Å². The molecular formula is C20H22N4O. The van der Waals surface area contributed by atoms with Gasteiger partial charge in [-0.2, -0.15) is 0 Å².